The lowest BCUT2D eigenvalue weighted by Crippen LogP contribution is -2.53. The first-order valence-electron chi connectivity index (χ1n) is 12.3. The van der Waals surface area contributed by atoms with E-state index in [0.717, 1.165) is 27.8 Å². The number of hydrogen-bond donors (Lipinski definition) is 3. The molecule has 37 heavy (non-hydrogen) atoms. The van der Waals surface area contributed by atoms with Gasteiger partial charge in [0, 0.05) is 53.7 Å². The van der Waals surface area contributed by atoms with Gasteiger partial charge in [0.15, 0.2) is 5.69 Å². The van der Waals surface area contributed by atoms with Crippen LogP contribution in [0.2, 0.25) is 0 Å². The first-order valence-corrected chi connectivity index (χ1v) is 12.3. The molecule has 3 aromatic rings. The summed E-state index contributed by atoms with van der Waals surface area (Å²) < 4.78 is 33.8. The van der Waals surface area contributed by atoms with E-state index >= 15 is 0 Å². The lowest BCUT2D eigenvalue weighted by Gasteiger charge is -2.54. The quantitative estimate of drug-likeness (QED) is 0.372. The maximum Gasteiger partial charge on any atom is 0.354 e. The van der Waals surface area contributed by atoms with E-state index in [-0.39, 0.29) is 31.1 Å². The van der Waals surface area contributed by atoms with Crippen molar-refractivity contribution < 1.29 is 23.4 Å². The Bertz CT molecular complexity index is 1390. The van der Waals surface area contributed by atoms with Crippen molar-refractivity contribution in [1.29, 1.82) is 5.26 Å². The van der Waals surface area contributed by atoms with E-state index in [1.54, 1.807) is 13.2 Å². The van der Waals surface area contributed by atoms with Gasteiger partial charge in [0.1, 0.15) is 18.1 Å². The maximum atomic E-state index is 14.0. The van der Waals surface area contributed by atoms with Crippen LogP contribution in [-0.2, 0) is 6.54 Å². The number of rotatable bonds is 7. The van der Waals surface area contributed by atoms with Crippen molar-refractivity contribution in [2.75, 3.05) is 25.5 Å². The standard InChI is InChI=1S/C27H29F2N5O3/c1-16-11-22(37-2)19(17-5-8-31-23(16)17)13-34-10-6-26(14-27(28,29)15-26)12-21(34)18-3-4-20(25(35)36)33-24(18)32-9-7-30/h3-5,8,11,21,31H,6,9-10,12-15H2,1-2H3,(H,32,33)(H,35,36). The minimum atomic E-state index is -2.66. The van der Waals surface area contributed by atoms with E-state index in [1.807, 2.05) is 31.3 Å². The van der Waals surface area contributed by atoms with Crippen LogP contribution in [-0.4, -0.2) is 52.1 Å². The van der Waals surface area contributed by atoms with Crippen molar-refractivity contribution in [2.45, 2.75) is 51.1 Å². The van der Waals surface area contributed by atoms with Gasteiger partial charge in [-0.1, -0.05) is 6.07 Å². The number of aryl methyl sites for hydroxylation is 1. The first kappa shape index (κ1) is 25.0. The number of pyridine rings is 1. The Labute approximate surface area is 213 Å². The van der Waals surface area contributed by atoms with Gasteiger partial charge < -0.3 is 20.1 Å². The van der Waals surface area contributed by atoms with Gasteiger partial charge in [-0.25, -0.2) is 18.6 Å². The van der Waals surface area contributed by atoms with Crippen LogP contribution in [0.5, 0.6) is 5.75 Å². The number of nitrogens with one attached hydrogen (secondary N) is 2. The number of benzene rings is 1. The van der Waals surface area contributed by atoms with Gasteiger partial charge in [-0.15, -0.1) is 0 Å². The molecule has 0 radical (unpaired) electrons. The van der Waals surface area contributed by atoms with E-state index in [2.05, 4.69) is 20.2 Å². The van der Waals surface area contributed by atoms with E-state index in [0.29, 0.717) is 37.3 Å². The van der Waals surface area contributed by atoms with Crippen LogP contribution >= 0.6 is 0 Å². The molecule has 2 aliphatic rings. The Morgan fingerprint density at radius 1 is 1.38 bits per heavy atom. The van der Waals surface area contributed by atoms with E-state index < -0.39 is 17.3 Å². The minimum absolute atomic E-state index is 0.0608. The van der Waals surface area contributed by atoms with E-state index in [9.17, 15) is 18.7 Å². The number of nitriles is 1. The van der Waals surface area contributed by atoms with Crippen LogP contribution < -0.4 is 10.1 Å². The molecular weight excluding hydrogens is 480 g/mol. The number of aromatic amines is 1. The Balaban J connectivity index is 1.57. The van der Waals surface area contributed by atoms with Crippen molar-refractivity contribution in [3.63, 3.8) is 0 Å². The number of methoxy groups -OCH3 is 1. The van der Waals surface area contributed by atoms with Gasteiger partial charge in [-0.2, -0.15) is 5.26 Å². The summed E-state index contributed by atoms with van der Waals surface area (Å²) in [5.74, 6) is -2.79. The van der Waals surface area contributed by atoms with Crippen molar-refractivity contribution in [3.8, 4) is 11.8 Å². The molecule has 8 nitrogen and oxygen atoms in total. The lowest BCUT2D eigenvalue weighted by molar-refractivity contribution is -0.186. The summed E-state index contributed by atoms with van der Waals surface area (Å²) in [6.45, 7) is 3.04. The smallest absolute Gasteiger partial charge is 0.354 e. The molecule has 2 aromatic heterocycles. The zero-order valence-electron chi connectivity index (χ0n) is 20.8. The zero-order chi connectivity index (χ0) is 26.4. The van der Waals surface area contributed by atoms with Crippen LogP contribution in [0, 0.1) is 23.7 Å². The third-order valence-electron chi connectivity index (χ3n) is 7.80. The van der Waals surface area contributed by atoms with Crippen molar-refractivity contribution in [2.24, 2.45) is 5.41 Å². The molecule has 1 aliphatic heterocycles. The molecular formula is C27H29F2N5O3. The second kappa shape index (κ2) is 9.30. The molecule has 1 spiro atoms. The molecule has 2 fully saturated rings. The second-order valence-corrected chi connectivity index (χ2v) is 10.2. The SMILES string of the molecule is COc1cc(C)c2[nH]ccc2c1CN1CCC2(CC1c1ccc(C(=O)O)nc1NCC#N)CC(F)(F)C2. The van der Waals surface area contributed by atoms with Crippen molar-refractivity contribution in [1.82, 2.24) is 14.9 Å². The summed E-state index contributed by atoms with van der Waals surface area (Å²) >= 11 is 0. The average Bonchev–Trinajstić information content (AvgIpc) is 3.34. The number of aromatic nitrogens is 2. The second-order valence-electron chi connectivity index (χ2n) is 10.2. The number of likely N-dealkylation sites (tertiary alicyclic amines) is 1. The molecule has 0 amide bonds. The van der Waals surface area contributed by atoms with Crippen molar-refractivity contribution in [3.05, 3.63) is 52.8 Å². The molecule has 10 heteroatoms. The number of ether oxygens (including phenoxy) is 1. The monoisotopic (exact) mass is 509 g/mol. The number of carbonyl (C=O) groups is 1. The number of hydrogen-bond acceptors (Lipinski definition) is 6. The van der Waals surface area contributed by atoms with Crippen molar-refractivity contribution >= 4 is 22.7 Å². The summed E-state index contributed by atoms with van der Waals surface area (Å²) in [6.07, 6.45) is 2.72. The molecule has 1 saturated heterocycles. The van der Waals surface area contributed by atoms with Crippen LogP contribution in [0.25, 0.3) is 10.9 Å². The lowest BCUT2D eigenvalue weighted by atomic mass is 9.59. The molecule has 1 saturated carbocycles. The van der Waals surface area contributed by atoms with Crippen LogP contribution in [0.1, 0.15) is 58.9 Å². The third kappa shape index (κ3) is 4.60. The van der Waals surface area contributed by atoms with Gasteiger partial charge in [-0.05, 0) is 55.5 Å². The molecule has 1 unspecified atom stereocenters. The van der Waals surface area contributed by atoms with Gasteiger partial charge in [0.05, 0.1) is 13.2 Å². The van der Waals surface area contributed by atoms with Gasteiger partial charge in [-0.3, -0.25) is 4.90 Å². The summed E-state index contributed by atoms with van der Waals surface area (Å²) in [6, 6.07) is 8.83. The average molecular weight is 510 g/mol. The number of fused-ring (bicyclic) bond motifs is 1. The third-order valence-corrected chi connectivity index (χ3v) is 7.80. The van der Waals surface area contributed by atoms with Crippen LogP contribution in [0.3, 0.4) is 0 Å². The molecule has 194 valence electrons. The topological polar surface area (TPSA) is 114 Å². The Hall–Kier alpha value is -3.71. The Kier molecular flexibility index (Phi) is 6.28. The number of nitrogens with zero attached hydrogens (tertiary/aromatic N) is 3. The molecule has 0 bridgehead atoms. The highest BCUT2D eigenvalue weighted by Crippen LogP contribution is 2.61. The largest absolute Gasteiger partial charge is 0.496 e. The normalized spacial score (nSPS) is 20.4. The Morgan fingerprint density at radius 2 is 2.16 bits per heavy atom. The van der Waals surface area contributed by atoms with E-state index in [4.69, 9.17) is 10.00 Å². The summed E-state index contributed by atoms with van der Waals surface area (Å²) in [7, 11) is 1.63. The molecule has 5 rings (SSSR count). The number of H-pyrrole nitrogens is 1. The number of carboxylic acid groups (broad SMARTS) is 1. The fraction of sp³-hybridized carbons (Fsp3) is 0.444. The minimum Gasteiger partial charge on any atom is -0.496 e. The predicted octanol–water partition coefficient (Wildman–Crippen LogP) is 5.27. The molecule has 1 atom stereocenters. The van der Waals surface area contributed by atoms with Gasteiger partial charge in [0.25, 0.3) is 0 Å². The maximum absolute atomic E-state index is 14.0. The van der Waals surface area contributed by atoms with Gasteiger partial charge in [0.2, 0.25) is 5.92 Å². The summed E-state index contributed by atoms with van der Waals surface area (Å²) in [4.78, 5) is 21.4. The zero-order valence-corrected chi connectivity index (χ0v) is 20.8. The summed E-state index contributed by atoms with van der Waals surface area (Å²) in [5, 5.41) is 22.6. The fourth-order valence-electron chi connectivity index (χ4n) is 6.15. The highest BCUT2D eigenvalue weighted by molar-refractivity contribution is 5.88. The Morgan fingerprint density at radius 3 is 2.84 bits per heavy atom. The number of aromatic carboxylic acids is 1. The predicted molar refractivity (Wildman–Crippen MR) is 134 cm³/mol. The summed E-state index contributed by atoms with van der Waals surface area (Å²) in [5.41, 5.74) is 3.14. The highest BCUT2D eigenvalue weighted by atomic mass is 19.3. The first-order chi connectivity index (χ1) is 17.6. The highest BCUT2D eigenvalue weighted by Gasteiger charge is 2.58. The molecule has 1 aliphatic carbocycles. The fourth-order valence-corrected chi connectivity index (χ4v) is 6.15. The number of alkyl halides is 2. The van der Waals surface area contributed by atoms with Crippen LogP contribution in [0.15, 0.2) is 30.5 Å². The number of halogens is 2. The number of anilines is 1. The van der Waals surface area contributed by atoms with E-state index in [1.165, 1.54) is 6.07 Å². The molecule has 3 N–H and O–H groups in total. The van der Waals surface area contributed by atoms with Gasteiger partial charge >= 0.3 is 5.97 Å². The number of piperidine rings is 1. The number of carboxylic acids is 1. The molecule has 3 heterocycles. The van der Waals surface area contributed by atoms with Crippen LogP contribution in [0.4, 0.5) is 14.6 Å². The molecule has 1 aromatic carbocycles.